The third-order valence-corrected chi connectivity index (χ3v) is 2.99. The number of piperazine rings is 1. The van der Waals surface area contributed by atoms with Gasteiger partial charge in [-0.1, -0.05) is 12.1 Å². The van der Waals surface area contributed by atoms with Crippen molar-refractivity contribution in [3.05, 3.63) is 29.8 Å². The number of carbonyl (C=O) groups is 1. The molecule has 1 fully saturated rings. The maximum Gasteiger partial charge on any atom is 0.387 e. The Balaban J connectivity index is 0.00000200. The van der Waals surface area contributed by atoms with Crippen molar-refractivity contribution >= 4 is 18.3 Å². The summed E-state index contributed by atoms with van der Waals surface area (Å²) in [5, 5.41) is 3.22. The highest BCUT2D eigenvalue weighted by molar-refractivity contribution is 5.97. The highest BCUT2D eigenvalue weighted by Gasteiger charge is 2.24. The summed E-state index contributed by atoms with van der Waals surface area (Å²) in [6.07, 6.45) is 0. The van der Waals surface area contributed by atoms with Gasteiger partial charge in [0.2, 0.25) is 0 Å². The molecule has 1 amide bonds. The van der Waals surface area contributed by atoms with Gasteiger partial charge in [0.15, 0.2) is 0 Å². The van der Waals surface area contributed by atoms with E-state index in [9.17, 15) is 13.6 Å². The first-order chi connectivity index (χ1) is 9.08. The van der Waals surface area contributed by atoms with Crippen LogP contribution < -0.4 is 10.1 Å². The Hall–Kier alpha value is -1.40. The topological polar surface area (TPSA) is 41.6 Å². The summed E-state index contributed by atoms with van der Waals surface area (Å²) in [5.74, 6) is -0.349. The van der Waals surface area contributed by atoms with Gasteiger partial charge in [-0.2, -0.15) is 8.78 Å². The monoisotopic (exact) mass is 306 g/mol. The number of amides is 1. The zero-order valence-electron chi connectivity index (χ0n) is 11.0. The van der Waals surface area contributed by atoms with Gasteiger partial charge in [-0.3, -0.25) is 4.79 Å². The van der Waals surface area contributed by atoms with Gasteiger partial charge in [0, 0.05) is 25.7 Å². The maximum absolute atomic E-state index is 12.3. The van der Waals surface area contributed by atoms with Crippen LogP contribution in [0.3, 0.4) is 0 Å². The summed E-state index contributed by atoms with van der Waals surface area (Å²) in [6, 6.07) is 6.28. The van der Waals surface area contributed by atoms with Crippen LogP contribution in [0.25, 0.3) is 0 Å². The third kappa shape index (κ3) is 4.05. The maximum atomic E-state index is 12.3. The van der Waals surface area contributed by atoms with E-state index in [1.54, 1.807) is 17.0 Å². The second-order valence-corrected chi connectivity index (χ2v) is 4.48. The van der Waals surface area contributed by atoms with Crippen LogP contribution in [0.4, 0.5) is 8.78 Å². The minimum absolute atomic E-state index is 0. The van der Waals surface area contributed by atoms with E-state index in [0.29, 0.717) is 19.6 Å². The molecule has 2 rings (SSSR count). The molecule has 4 nitrogen and oxygen atoms in total. The number of ether oxygens (including phenoxy) is 1. The van der Waals surface area contributed by atoms with Crippen molar-refractivity contribution in [3.8, 4) is 5.75 Å². The number of nitrogens with one attached hydrogen (secondary N) is 1. The third-order valence-electron chi connectivity index (χ3n) is 2.99. The lowest BCUT2D eigenvalue weighted by Gasteiger charge is -2.32. The van der Waals surface area contributed by atoms with Crippen LogP contribution in [-0.4, -0.2) is 43.1 Å². The molecule has 0 aromatic heterocycles. The summed E-state index contributed by atoms with van der Waals surface area (Å²) < 4.78 is 29.0. The average molecular weight is 307 g/mol. The van der Waals surface area contributed by atoms with Gasteiger partial charge in [0.25, 0.3) is 5.91 Å². The smallest absolute Gasteiger partial charge is 0.387 e. The number of para-hydroxylation sites is 1. The Labute approximate surface area is 122 Å². The van der Waals surface area contributed by atoms with Crippen molar-refractivity contribution in [3.63, 3.8) is 0 Å². The van der Waals surface area contributed by atoms with Crippen LogP contribution in [-0.2, 0) is 0 Å². The zero-order chi connectivity index (χ0) is 13.8. The first-order valence-corrected chi connectivity index (χ1v) is 6.14. The number of hydrogen-bond donors (Lipinski definition) is 1. The number of halogens is 3. The fourth-order valence-corrected chi connectivity index (χ4v) is 2.13. The lowest BCUT2D eigenvalue weighted by molar-refractivity contribution is -0.0503. The molecule has 0 radical (unpaired) electrons. The second kappa shape index (κ2) is 7.40. The van der Waals surface area contributed by atoms with E-state index in [2.05, 4.69) is 10.1 Å². The average Bonchev–Trinajstić information content (AvgIpc) is 2.38. The van der Waals surface area contributed by atoms with Crippen LogP contribution in [0.1, 0.15) is 17.3 Å². The lowest BCUT2D eigenvalue weighted by Crippen LogP contribution is -2.51. The summed E-state index contributed by atoms with van der Waals surface area (Å²) >= 11 is 0. The Morgan fingerprint density at radius 3 is 2.80 bits per heavy atom. The molecule has 0 saturated carbocycles. The van der Waals surface area contributed by atoms with Gasteiger partial charge in [-0.05, 0) is 19.1 Å². The summed E-state index contributed by atoms with van der Waals surface area (Å²) in [6.45, 7) is 0.857. The van der Waals surface area contributed by atoms with E-state index in [1.807, 2.05) is 6.92 Å². The molecule has 1 aromatic rings. The summed E-state index contributed by atoms with van der Waals surface area (Å²) in [5.41, 5.74) is 0.178. The molecule has 0 unspecified atom stereocenters. The van der Waals surface area contributed by atoms with Crippen LogP contribution >= 0.6 is 12.4 Å². The van der Waals surface area contributed by atoms with Gasteiger partial charge in [-0.25, -0.2) is 0 Å². The van der Waals surface area contributed by atoms with Crippen molar-refractivity contribution in [2.24, 2.45) is 0 Å². The molecule has 112 valence electrons. The molecule has 1 aliphatic heterocycles. The first-order valence-electron chi connectivity index (χ1n) is 6.14. The SMILES string of the molecule is C[C@H]1CN(C(=O)c2ccccc2OC(F)F)CCN1.Cl. The molecule has 1 atom stereocenters. The summed E-state index contributed by atoms with van der Waals surface area (Å²) in [4.78, 5) is 14.0. The minimum Gasteiger partial charge on any atom is -0.434 e. The molecule has 1 saturated heterocycles. The van der Waals surface area contributed by atoms with Gasteiger partial charge in [0.05, 0.1) is 5.56 Å². The molecule has 1 aromatic carbocycles. The molecule has 0 spiro atoms. The first kappa shape index (κ1) is 16.7. The second-order valence-electron chi connectivity index (χ2n) is 4.48. The van der Waals surface area contributed by atoms with E-state index in [-0.39, 0.29) is 35.7 Å². The predicted octanol–water partition coefficient (Wildman–Crippen LogP) is 2.14. The van der Waals surface area contributed by atoms with Crippen LogP contribution in [0.15, 0.2) is 24.3 Å². The van der Waals surface area contributed by atoms with Crippen molar-refractivity contribution in [1.82, 2.24) is 10.2 Å². The highest BCUT2D eigenvalue weighted by Crippen LogP contribution is 2.22. The molecular weight excluding hydrogens is 290 g/mol. The van der Waals surface area contributed by atoms with E-state index in [4.69, 9.17) is 0 Å². The Morgan fingerprint density at radius 1 is 1.45 bits per heavy atom. The predicted molar refractivity (Wildman–Crippen MR) is 73.7 cm³/mol. The molecule has 1 aliphatic rings. The normalized spacial score (nSPS) is 18.6. The number of hydrogen-bond acceptors (Lipinski definition) is 3. The van der Waals surface area contributed by atoms with Crippen molar-refractivity contribution in [1.29, 1.82) is 0 Å². The molecule has 0 aliphatic carbocycles. The molecule has 1 N–H and O–H groups in total. The molecular formula is C13H17ClF2N2O2. The fourth-order valence-electron chi connectivity index (χ4n) is 2.13. The standard InChI is InChI=1S/C13H16F2N2O2.ClH/c1-9-8-17(7-6-16-9)12(18)10-4-2-3-5-11(10)19-13(14)15;/h2-5,9,13,16H,6-8H2,1H3;1H/t9-;/m0./s1. The molecule has 1 heterocycles. The van der Waals surface area contributed by atoms with Crippen molar-refractivity contribution < 1.29 is 18.3 Å². The number of nitrogens with zero attached hydrogens (tertiary/aromatic N) is 1. The molecule has 0 bridgehead atoms. The molecule has 20 heavy (non-hydrogen) atoms. The van der Waals surface area contributed by atoms with Gasteiger partial charge >= 0.3 is 6.61 Å². The fraction of sp³-hybridized carbons (Fsp3) is 0.462. The van der Waals surface area contributed by atoms with Crippen LogP contribution in [0.2, 0.25) is 0 Å². The number of rotatable bonds is 3. The van der Waals surface area contributed by atoms with Crippen LogP contribution in [0.5, 0.6) is 5.75 Å². The highest BCUT2D eigenvalue weighted by atomic mass is 35.5. The van der Waals surface area contributed by atoms with Crippen molar-refractivity contribution in [2.45, 2.75) is 19.6 Å². The van der Waals surface area contributed by atoms with E-state index >= 15 is 0 Å². The minimum atomic E-state index is -2.93. The Morgan fingerprint density at radius 2 is 2.15 bits per heavy atom. The number of alkyl halides is 2. The zero-order valence-corrected chi connectivity index (χ0v) is 11.8. The number of carbonyl (C=O) groups excluding carboxylic acids is 1. The van der Waals surface area contributed by atoms with Gasteiger partial charge in [-0.15, -0.1) is 12.4 Å². The van der Waals surface area contributed by atoms with Gasteiger partial charge < -0.3 is 15.0 Å². The largest absolute Gasteiger partial charge is 0.434 e. The van der Waals surface area contributed by atoms with E-state index < -0.39 is 6.61 Å². The molecule has 7 heteroatoms. The van der Waals surface area contributed by atoms with E-state index in [1.165, 1.54) is 12.1 Å². The Kier molecular flexibility index (Phi) is 6.16. The van der Waals surface area contributed by atoms with Gasteiger partial charge in [0.1, 0.15) is 5.75 Å². The van der Waals surface area contributed by atoms with Crippen LogP contribution in [0, 0.1) is 0 Å². The van der Waals surface area contributed by atoms with E-state index in [0.717, 1.165) is 0 Å². The van der Waals surface area contributed by atoms with Crippen molar-refractivity contribution in [2.75, 3.05) is 19.6 Å². The lowest BCUT2D eigenvalue weighted by atomic mass is 10.1. The quantitative estimate of drug-likeness (QED) is 0.930. The Bertz CT molecular complexity index is 460. The summed E-state index contributed by atoms with van der Waals surface area (Å²) in [7, 11) is 0. The number of benzene rings is 1.